The van der Waals surface area contributed by atoms with Crippen molar-refractivity contribution in [2.75, 3.05) is 0 Å². The van der Waals surface area contributed by atoms with Crippen LogP contribution in [0.4, 0.5) is 0 Å². The zero-order valence-corrected chi connectivity index (χ0v) is 26.9. The predicted octanol–water partition coefficient (Wildman–Crippen LogP) is 11.9. The molecule has 5 heterocycles. The maximum absolute atomic E-state index is 5.52. The summed E-state index contributed by atoms with van der Waals surface area (Å²) in [5.74, 6) is 1.65. The van der Waals surface area contributed by atoms with E-state index in [1.807, 2.05) is 6.07 Å². The van der Waals surface area contributed by atoms with Crippen LogP contribution in [-0.2, 0) is 0 Å². The number of nitrogens with zero attached hydrogens (tertiary/aromatic N) is 4. The lowest BCUT2D eigenvalue weighted by atomic mass is 10.0. The molecule has 4 nitrogen and oxygen atoms in total. The summed E-state index contributed by atoms with van der Waals surface area (Å²) in [6.45, 7) is 0. The third-order valence-electron chi connectivity index (χ3n) is 10.4. The van der Waals surface area contributed by atoms with Gasteiger partial charge in [-0.2, -0.15) is 0 Å². The number of benzene rings is 7. The van der Waals surface area contributed by atoms with E-state index >= 15 is 0 Å². The first kappa shape index (κ1) is 25.7. The van der Waals surface area contributed by atoms with Crippen LogP contribution in [0.3, 0.4) is 0 Å². The predicted molar refractivity (Wildman–Crippen MR) is 207 cm³/mol. The minimum absolute atomic E-state index is 0.731. The molecule has 0 aliphatic carbocycles. The highest BCUT2D eigenvalue weighted by Crippen LogP contribution is 2.48. The highest BCUT2D eigenvalue weighted by Gasteiger charge is 2.26. The lowest BCUT2D eigenvalue weighted by molar-refractivity contribution is 1.09. The summed E-state index contributed by atoms with van der Waals surface area (Å²) in [6.07, 6.45) is 0. The second-order valence-electron chi connectivity index (χ2n) is 13.0. The molecule has 0 bridgehead atoms. The standard InChI is InChI=1S/C44H24N4S/c1-2-12-25(13-3-1)43-45-39-30-18-8-11-21-37(30)49-42(39)44(46-43)48-36-23-27-15-5-4-14-26(27)22-31(36)33-24-32-28-16-6-9-19-34(28)47-35-20-10-7-17-29(35)38(40(32)47)41(33)48/h1-24H. The third kappa shape index (κ3) is 3.27. The fraction of sp³-hybridized carbons (Fsp3) is 0. The van der Waals surface area contributed by atoms with E-state index in [0.717, 1.165) is 38.3 Å². The van der Waals surface area contributed by atoms with Gasteiger partial charge in [0.15, 0.2) is 11.6 Å². The van der Waals surface area contributed by atoms with Crippen LogP contribution in [0.25, 0.3) is 108 Å². The van der Waals surface area contributed by atoms with Gasteiger partial charge in [0.05, 0.1) is 37.8 Å². The number of hydrogen-bond acceptors (Lipinski definition) is 3. The van der Waals surface area contributed by atoms with Gasteiger partial charge in [0, 0.05) is 48.0 Å². The number of para-hydroxylation sites is 2. The Kier molecular flexibility index (Phi) is 4.83. The van der Waals surface area contributed by atoms with E-state index in [1.54, 1.807) is 11.3 Å². The Morgan fingerprint density at radius 2 is 1.12 bits per heavy atom. The molecule has 0 spiro atoms. The molecule has 49 heavy (non-hydrogen) atoms. The normalized spacial score (nSPS) is 12.5. The Hall–Kier alpha value is -6.30. The Balaban J connectivity index is 1.38. The lowest BCUT2D eigenvalue weighted by Gasteiger charge is -2.12. The van der Waals surface area contributed by atoms with Crippen molar-refractivity contribution >= 4 is 102 Å². The van der Waals surface area contributed by atoms with Crippen molar-refractivity contribution in [2.45, 2.75) is 0 Å². The van der Waals surface area contributed by atoms with Gasteiger partial charge in [0.25, 0.3) is 0 Å². The van der Waals surface area contributed by atoms with Crippen molar-refractivity contribution in [3.05, 3.63) is 146 Å². The molecular formula is C44H24N4S. The highest BCUT2D eigenvalue weighted by molar-refractivity contribution is 7.26. The van der Waals surface area contributed by atoms with Crippen LogP contribution >= 0.6 is 11.3 Å². The number of rotatable bonds is 2. The van der Waals surface area contributed by atoms with Gasteiger partial charge in [0.1, 0.15) is 0 Å². The van der Waals surface area contributed by atoms with Crippen LogP contribution in [0.5, 0.6) is 0 Å². The van der Waals surface area contributed by atoms with Gasteiger partial charge in [-0.15, -0.1) is 11.3 Å². The molecule has 5 heteroatoms. The molecule has 0 unspecified atom stereocenters. The van der Waals surface area contributed by atoms with E-state index in [2.05, 4.69) is 148 Å². The van der Waals surface area contributed by atoms with Crippen molar-refractivity contribution in [3.8, 4) is 17.2 Å². The first-order valence-corrected chi connectivity index (χ1v) is 17.4. The average molecular weight is 641 g/mol. The van der Waals surface area contributed by atoms with Crippen molar-refractivity contribution in [1.82, 2.24) is 18.9 Å². The SMILES string of the molecule is c1ccc(-c2nc(-n3c4cc5ccccc5cc4c4cc5c6ccccc6n6c7ccccc7c(c43)c56)c3sc4ccccc4c3n2)cc1. The molecule has 226 valence electrons. The second kappa shape index (κ2) is 9.19. The molecule has 7 aromatic carbocycles. The molecule has 0 amide bonds. The molecule has 0 atom stereocenters. The molecule has 0 fully saturated rings. The van der Waals surface area contributed by atoms with Gasteiger partial charge < -0.3 is 4.40 Å². The Labute approximate surface area is 283 Å². The van der Waals surface area contributed by atoms with Crippen molar-refractivity contribution < 1.29 is 0 Å². The summed E-state index contributed by atoms with van der Waals surface area (Å²) in [4.78, 5) is 10.8. The lowest BCUT2D eigenvalue weighted by Crippen LogP contribution is -2.01. The van der Waals surface area contributed by atoms with E-state index in [4.69, 9.17) is 9.97 Å². The Morgan fingerprint density at radius 3 is 1.96 bits per heavy atom. The quantitative estimate of drug-likeness (QED) is 0.188. The van der Waals surface area contributed by atoms with Crippen molar-refractivity contribution in [2.24, 2.45) is 0 Å². The van der Waals surface area contributed by atoms with E-state index < -0.39 is 0 Å². The summed E-state index contributed by atoms with van der Waals surface area (Å²) >= 11 is 1.78. The largest absolute Gasteiger partial charge is 0.308 e. The summed E-state index contributed by atoms with van der Waals surface area (Å²) < 4.78 is 7.23. The van der Waals surface area contributed by atoms with Gasteiger partial charge in [-0.1, -0.05) is 109 Å². The van der Waals surface area contributed by atoms with Crippen LogP contribution in [0.1, 0.15) is 0 Å². The average Bonchev–Trinajstić information content (AvgIpc) is 3.89. The monoisotopic (exact) mass is 640 g/mol. The van der Waals surface area contributed by atoms with Crippen molar-refractivity contribution in [3.63, 3.8) is 0 Å². The van der Waals surface area contributed by atoms with Crippen LogP contribution in [0.2, 0.25) is 0 Å². The molecular weight excluding hydrogens is 617 g/mol. The van der Waals surface area contributed by atoms with E-state index in [9.17, 15) is 0 Å². The Bertz CT molecular complexity index is 3330. The molecule has 0 radical (unpaired) electrons. The third-order valence-corrected chi connectivity index (χ3v) is 11.6. The smallest absolute Gasteiger partial charge is 0.162 e. The fourth-order valence-electron chi connectivity index (χ4n) is 8.35. The molecule has 0 aliphatic heterocycles. The van der Waals surface area contributed by atoms with Crippen LogP contribution in [0, 0.1) is 0 Å². The van der Waals surface area contributed by atoms with E-state index in [1.165, 1.54) is 69.9 Å². The zero-order valence-electron chi connectivity index (χ0n) is 26.1. The van der Waals surface area contributed by atoms with Crippen LogP contribution in [-0.4, -0.2) is 18.9 Å². The fourth-order valence-corrected chi connectivity index (χ4v) is 9.48. The van der Waals surface area contributed by atoms with Gasteiger partial charge in [-0.05, 0) is 47.2 Å². The summed E-state index contributed by atoms with van der Waals surface area (Å²) in [7, 11) is 0. The number of fused-ring (bicyclic) bond motifs is 14. The summed E-state index contributed by atoms with van der Waals surface area (Å²) in [5.41, 5.74) is 8.04. The maximum atomic E-state index is 5.52. The molecule has 0 N–H and O–H groups in total. The molecule has 5 aromatic heterocycles. The summed E-state index contributed by atoms with van der Waals surface area (Å²) in [6, 6.07) is 52.6. The van der Waals surface area contributed by atoms with Crippen molar-refractivity contribution in [1.29, 1.82) is 0 Å². The maximum Gasteiger partial charge on any atom is 0.162 e. The minimum atomic E-state index is 0.731. The number of aromatic nitrogens is 4. The zero-order chi connectivity index (χ0) is 31.8. The molecule has 12 aromatic rings. The van der Waals surface area contributed by atoms with Crippen LogP contribution in [0.15, 0.2) is 146 Å². The topological polar surface area (TPSA) is 35.1 Å². The summed E-state index contributed by atoms with van der Waals surface area (Å²) in [5, 5.41) is 11.1. The van der Waals surface area contributed by atoms with Gasteiger partial charge in [-0.25, -0.2) is 9.97 Å². The second-order valence-corrected chi connectivity index (χ2v) is 14.0. The molecule has 0 saturated heterocycles. The first-order chi connectivity index (χ1) is 24.3. The molecule has 12 rings (SSSR count). The van der Waals surface area contributed by atoms with Gasteiger partial charge in [-0.3, -0.25) is 4.57 Å². The Morgan fingerprint density at radius 1 is 0.469 bits per heavy atom. The highest BCUT2D eigenvalue weighted by atomic mass is 32.1. The van der Waals surface area contributed by atoms with Crippen LogP contribution < -0.4 is 0 Å². The number of hydrogen-bond donors (Lipinski definition) is 0. The van der Waals surface area contributed by atoms with E-state index in [0.29, 0.717) is 0 Å². The van der Waals surface area contributed by atoms with Gasteiger partial charge in [0.2, 0.25) is 0 Å². The molecule has 0 saturated carbocycles. The first-order valence-electron chi connectivity index (χ1n) is 16.6. The van der Waals surface area contributed by atoms with Gasteiger partial charge >= 0.3 is 0 Å². The minimum Gasteiger partial charge on any atom is -0.308 e. The molecule has 0 aliphatic rings. The number of thiophene rings is 1. The van der Waals surface area contributed by atoms with E-state index in [-0.39, 0.29) is 0 Å².